The van der Waals surface area contributed by atoms with E-state index in [0.29, 0.717) is 12.2 Å². The second-order valence-corrected chi connectivity index (χ2v) is 5.82. The van der Waals surface area contributed by atoms with Crippen molar-refractivity contribution in [1.82, 2.24) is 4.98 Å². The van der Waals surface area contributed by atoms with Gasteiger partial charge in [-0.2, -0.15) is 0 Å². The van der Waals surface area contributed by atoms with E-state index in [1.807, 2.05) is 12.1 Å². The smallest absolute Gasteiger partial charge is 0.257 e. The molecule has 1 aromatic heterocycles. The Labute approximate surface area is 149 Å². The van der Waals surface area contributed by atoms with Crippen LogP contribution in [0.5, 0.6) is 0 Å². The summed E-state index contributed by atoms with van der Waals surface area (Å²) in [5, 5.41) is 6.27. The molecule has 134 valence electrons. The van der Waals surface area contributed by atoms with Crippen molar-refractivity contribution in [3.63, 3.8) is 0 Å². The number of hydrogen-bond donors (Lipinski definition) is 2. The third-order valence-corrected chi connectivity index (χ3v) is 4.09. The Kier molecular flexibility index (Phi) is 7.41. The van der Waals surface area contributed by atoms with Crippen molar-refractivity contribution in [3.05, 3.63) is 53.2 Å². The van der Waals surface area contributed by atoms with Crippen molar-refractivity contribution in [2.45, 2.75) is 33.1 Å². The van der Waals surface area contributed by atoms with Crippen LogP contribution in [0.25, 0.3) is 0 Å². The summed E-state index contributed by atoms with van der Waals surface area (Å²) in [4.78, 5) is 16.9. The molecule has 0 aliphatic rings. The SMILES string of the molecule is CCc1cccc(CC)c1NC(=O)c1ccc(NCCCOC)nc1. The highest BCUT2D eigenvalue weighted by Gasteiger charge is 2.12. The number of ether oxygens (including phenoxy) is 1. The van der Waals surface area contributed by atoms with Gasteiger partial charge in [-0.1, -0.05) is 32.0 Å². The zero-order valence-electron chi connectivity index (χ0n) is 15.3. The van der Waals surface area contributed by atoms with Gasteiger partial charge in [0, 0.05) is 32.1 Å². The van der Waals surface area contributed by atoms with E-state index in [1.165, 1.54) is 0 Å². The number of carbonyl (C=O) groups is 1. The fourth-order valence-corrected chi connectivity index (χ4v) is 2.65. The Hall–Kier alpha value is -2.40. The standard InChI is InChI=1S/C20H27N3O2/c1-4-15-8-6-9-16(5-2)19(15)23-20(24)17-10-11-18(22-14-17)21-12-7-13-25-3/h6,8-11,14H,4-5,7,12-13H2,1-3H3,(H,21,22)(H,23,24). The van der Waals surface area contributed by atoms with Gasteiger partial charge in [0.25, 0.3) is 5.91 Å². The van der Waals surface area contributed by atoms with E-state index in [0.717, 1.165) is 48.4 Å². The number of hydrogen-bond acceptors (Lipinski definition) is 4. The normalized spacial score (nSPS) is 10.5. The van der Waals surface area contributed by atoms with Gasteiger partial charge in [0.1, 0.15) is 5.82 Å². The second-order valence-electron chi connectivity index (χ2n) is 5.82. The minimum absolute atomic E-state index is 0.131. The second kappa shape index (κ2) is 9.79. The number of aryl methyl sites for hydroxylation is 2. The van der Waals surface area contributed by atoms with Crippen LogP contribution in [0.1, 0.15) is 41.8 Å². The molecule has 2 aromatic rings. The molecule has 5 nitrogen and oxygen atoms in total. The first-order valence-electron chi connectivity index (χ1n) is 8.80. The molecule has 25 heavy (non-hydrogen) atoms. The van der Waals surface area contributed by atoms with Crippen LogP contribution in [0.15, 0.2) is 36.5 Å². The van der Waals surface area contributed by atoms with Gasteiger partial charge in [-0.15, -0.1) is 0 Å². The Morgan fingerprint density at radius 3 is 2.40 bits per heavy atom. The number of para-hydroxylation sites is 1. The molecule has 2 N–H and O–H groups in total. The third kappa shape index (κ3) is 5.29. The number of methoxy groups -OCH3 is 1. The largest absolute Gasteiger partial charge is 0.385 e. The minimum Gasteiger partial charge on any atom is -0.385 e. The molecule has 0 fully saturated rings. The molecule has 0 saturated carbocycles. The summed E-state index contributed by atoms with van der Waals surface area (Å²) >= 11 is 0. The molecular formula is C20H27N3O2. The van der Waals surface area contributed by atoms with E-state index >= 15 is 0 Å². The molecule has 0 aliphatic carbocycles. The molecule has 5 heteroatoms. The minimum atomic E-state index is -0.131. The Balaban J connectivity index is 2.04. The molecule has 2 rings (SSSR count). The van der Waals surface area contributed by atoms with Crippen LogP contribution < -0.4 is 10.6 Å². The summed E-state index contributed by atoms with van der Waals surface area (Å²) in [5.74, 6) is 0.630. The van der Waals surface area contributed by atoms with Crippen molar-refractivity contribution < 1.29 is 9.53 Å². The van der Waals surface area contributed by atoms with E-state index in [-0.39, 0.29) is 5.91 Å². The summed E-state index contributed by atoms with van der Waals surface area (Å²) in [6.07, 6.45) is 4.28. The van der Waals surface area contributed by atoms with Crippen molar-refractivity contribution in [2.24, 2.45) is 0 Å². The summed E-state index contributed by atoms with van der Waals surface area (Å²) in [6.45, 7) is 5.69. The Bertz CT molecular complexity index is 662. The van der Waals surface area contributed by atoms with Gasteiger partial charge in [-0.05, 0) is 42.5 Å². The first-order chi connectivity index (χ1) is 12.2. The summed E-state index contributed by atoms with van der Waals surface area (Å²) in [6, 6.07) is 9.77. The summed E-state index contributed by atoms with van der Waals surface area (Å²) < 4.78 is 5.01. The summed E-state index contributed by atoms with van der Waals surface area (Å²) in [7, 11) is 1.69. The number of rotatable bonds is 9. The number of nitrogens with zero attached hydrogens (tertiary/aromatic N) is 1. The molecule has 0 atom stereocenters. The van der Waals surface area contributed by atoms with E-state index < -0.39 is 0 Å². The number of aromatic nitrogens is 1. The van der Waals surface area contributed by atoms with Crippen LogP contribution in [0, 0.1) is 0 Å². The predicted octanol–water partition coefficient (Wildman–Crippen LogP) is 3.91. The van der Waals surface area contributed by atoms with Gasteiger partial charge in [0.05, 0.1) is 5.56 Å². The van der Waals surface area contributed by atoms with Crippen molar-refractivity contribution in [1.29, 1.82) is 0 Å². The van der Waals surface area contributed by atoms with Gasteiger partial charge in [0.2, 0.25) is 0 Å². The fourth-order valence-electron chi connectivity index (χ4n) is 2.65. The number of anilines is 2. The molecule has 1 aromatic carbocycles. The lowest BCUT2D eigenvalue weighted by Crippen LogP contribution is -2.15. The number of nitrogens with one attached hydrogen (secondary N) is 2. The molecule has 0 saturated heterocycles. The zero-order chi connectivity index (χ0) is 18.1. The first-order valence-corrected chi connectivity index (χ1v) is 8.80. The topological polar surface area (TPSA) is 63.2 Å². The molecule has 0 unspecified atom stereocenters. The molecule has 0 bridgehead atoms. The van der Waals surface area contributed by atoms with Crippen LogP contribution in [0.4, 0.5) is 11.5 Å². The van der Waals surface area contributed by atoms with Crippen LogP contribution in [-0.4, -0.2) is 31.2 Å². The maximum Gasteiger partial charge on any atom is 0.257 e. The van der Waals surface area contributed by atoms with Crippen molar-refractivity contribution in [2.75, 3.05) is 30.9 Å². The van der Waals surface area contributed by atoms with Gasteiger partial charge in [-0.3, -0.25) is 4.79 Å². The van der Waals surface area contributed by atoms with Gasteiger partial charge in [-0.25, -0.2) is 4.98 Å². The Morgan fingerprint density at radius 2 is 1.84 bits per heavy atom. The highest BCUT2D eigenvalue weighted by Crippen LogP contribution is 2.23. The van der Waals surface area contributed by atoms with Crippen LogP contribution in [0.3, 0.4) is 0 Å². The number of carbonyl (C=O) groups excluding carboxylic acids is 1. The molecule has 1 heterocycles. The Morgan fingerprint density at radius 1 is 1.12 bits per heavy atom. The lowest BCUT2D eigenvalue weighted by atomic mass is 10.0. The molecular weight excluding hydrogens is 314 g/mol. The van der Waals surface area contributed by atoms with E-state index in [2.05, 4.69) is 41.6 Å². The zero-order valence-corrected chi connectivity index (χ0v) is 15.3. The monoisotopic (exact) mass is 341 g/mol. The quantitative estimate of drug-likeness (QED) is 0.679. The molecule has 0 radical (unpaired) electrons. The summed E-state index contributed by atoms with van der Waals surface area (Å²) in [5.41, 5.74) is 3.78. The van der Waals surface area contributed by atoms with Crippen molar-refractivity contribution >= 4 is 17.4 Å². The third-order valence-electron chi connectivity index (χ3n) is 4.09. The van der Waals surface area contributed by atoms with Crippen LogP contribution >= 0.6 is 0 Å². The maximum absolute atomic E-state index is 12.6. The number of amides is 1. The number of pyridine rings is 1. The van der Waals surface area contributed by atoms with E-state index in [9.17, 15) is 4.79 Å². The number of benzene rings is 1. The average molecular weight is 341 g/mol. The van der Waals surface area contributed by atoms with Gasteiger partial charge in [0.15, 0.2) is 0 Å². The highest BCUT2D eigenvalue weighted by molar-refractivity contribution is 6.05. The van der Waals surface area contributed by atoms with Gasteiger partial charge >= 0.3 is 0 Å². The molecule has 0 aliphatic heterocycles. The molecule has 1 amide bonds. The van der Waals surface area contributed by atoms with E-state index in [1.54, 1.807) is 19.4 Å². The molecule has 0 spiro atoms. The van der Waals surface area contributed by atoms with E-state index in [4.69, 9.17) is 4.74 Å². The predicted molar refractivity (Wildman–Crippen MR) is 102 cm³/mol. The highest BCUT2D eigenvalue weighted by atomic mass is 16.5. The first kappa shape index (κ1) is 18.9. The van der Waals surface area contributed by atoms with Crippen molar-refractivity contribution in [3.8, 4) is 0 Å². The van der Waals surface area contributed by atoms with Crippen LogP contribution in [0.2, 0.25) is 0 Å². The fraction of sp³-hybridized carbons (Fsp3) is 0.400. The lowest BCUT2D eigenvalue weighted by molar-refractivity contribution is 0.102. The lowest BCUT2D eigenvalue weighted by Gasteiger charge is -2.14. The van der Waals surface area contributed by atoms with Gasteiger partial charge < -0.3 is 15.4 Å². The average Bonchev–Trinajstić information content (AvgIpc) is 2.65. The maximum atomic E-state index is 12.6. The van der Waals surface area contributed by atoms with Crippen LogP contribution in [-0.2, 0) is 17.6 Å².